The average Bonchev–Trinajstić information content (AvgIpc) is 3.58. The normalized spacial score (nSPS) is 24.9. The lowest BCUT2D eigenvalue weighted by atomic mass is 9.49. The number of phenolic OH excluding ortho intramolecular Hbond substituents is 1. The molecule has 15 nitrogen and oxygen atoms in total. The number of halogens is 2. The van der Waals surface area contributed by atoms with Gasteiger partial charge < -0.3 is 14.7 Å². The maximum absolute atomic E-state index is 15.5. The molecule has 4 amide bonds. The number of imide groups is 2. The van der Waals surface area contributed by atoms with E-state index >= 15 is 9.59 Å². The van der Waals surface area contributed by atoms with Gasteiger partial charge in [0, 0.05) is 47.2 Å². The van der Waals surface area contributed by atoms with Crippen molar-refractivity contribution in [3.8, 4) is 11.5 Å². The Morgan fingerprint density at radius 2 is 1.53 bits per heavy atom. The number of nitro benzene ring substituents is 2. The standard InChI is InChI=1S/C41H33BrClN5O10/c1-44(2)35-30(47(54)55)17-24(18-31(35)48(56)57)45-37(50)26-13-12-25-27(33(26)39(45)52)19-29-38(51)46(23-11-7-10-22(43)16-23)40(53)41(29,20-8-5-4-6-9-20)34(25)28-14-21(42)15-32(58-3)36(28)49/h4-12,14-18,26-27,29,33-34,49H,13,19H2,1-3H3/t26-,27+,29-,33-,34+,41+/m0/s1. The predicted octanol–water partition coefficient (Wildman–Crippen LogP) is 7.07. The predicted molar refractivity (Wildman–Crippen MR) is 215 cm³/mol. The van der Waals surface area contributed by atoms with Crippen LogP contribution in [0.1, 0.15) is 29.9 Å². The Labute approximate surface area is 343 Å². The van der Waals surface area contributed by atoms with Crippen LogP contribution < -0.4 is 19.4 Å². The Morgan fingerprint density at radius 1 is 0.862 bits per heavy atom. The number of rotatable bonds is 8. The largest absolute Gasteiger partial charge is 0.504 e. The zero-order valence-electron chi connectivity index (χ0n) is 31.0. The minimum Gasteiger partial charge on any atom is -0.504 e. The molecule has 3 fully saturated rings. The molecule has 4 aliphatic rings. The van der Waals surface area contributed by atoms with Crippen molar-refractivity contribution >= 4 is 79.6 Å². The van der Waals surface area contributed by atoms with Gasteiger partial charge in [-0.1, -0.05) is 75.6 Å². The highest BCUT2D eigenvalue weighted by molar-refractivity contribution is 9.10. The maximum Gasteiger partial charge on any atom is 0.301 e. The molecule has 0 unspecified atom stereocenters. The van der Waals surface area contributed by atoms with Crippen molar-refractivity contribution in [1.29, 1.82) is 0 Å². The first-order chi connectivity index (χ1) is 27.6. The minimum absolute atomic E-state index is 0.0182. The molecule has 58 heavy (non-hydrogen) atoms. The van der Waals surface area contributed by atoms with Crippen molar-refractivity contribution in [1.82, 2.24) is 0 Å². The van der Waals surface area contributed by atoms with Crippen LogP contribution in [-0.2, 0) is 24.6 Å². The second-order valence-electron chi connectivity index (χ2n) is 14.9. The number of hydrogen-bond donors (Lipinski definition) is 1. The van der Waals surface area contributed by atoms with Gasteiger partial charge in [0.2, 0.25) is 23.6 Å². The molecule has 0 bridgehead atoms. The molecule has 1 N–H and O–H groups in total. The van der Waals surface area contributed by atoms with Crippen LogP contribution in [0.5, 0.6) is 11.5 Å². The number of hydrogen-bond acceptors (Lipinski definition) is 11. The van der Waals surface area contributed by atoms with Crippen molar-refractivity contribution in [3.63, 3.8) is 0 Å². The Kier molecular flexibility index (Phi) is 9.39. The third kappa shape index (κ3) is 5.52. The first-order valence-electron chi connectivity index (χ1n) is 18.1. The van der Waals surface area contributed by atoms with Gasteiger partial charge in [0.15, 0.2) is 17.2 Å². The number of fused-ring (bicyclic) bond motifs is 4. The Bertz CT molecular complexity index is 2500. The van der Waals surface area contributed by atoms with E-state index in [4.69, 9.17) is 16.3 Å². The van der Waals surface area contributed by atoms with Crippen molar-refractivity contribution in [2.45, 2.75) is 24.2 Å². The molecule has 2 saturated heterocycles. The van der Waals surface area contributed by atoms with Crippen LogP contribution in [0, 0.1) is 43.9 Å². The van der Waals surface area contributed by atoms with Gasteiger partial charge >= 0.3 is 11.4 Å². The lowest BCUT2D eigenvalue weighted by Crippen LogP contribution is -2.53. The van der Waals surface area contributed by atoms with Gasteiger partial charge in [-0.3, -0.25) is 39.4 Å². The molecule has 8 rings (SSSR count). The fourth-order valence-corrected chi connectivity index (χ4v) is 10.4. The molecule has 1 saturated carbocycles. The number of nitro groups is 2. The summed E-state index contributed by atoms with van der Waals surface area (Å²) in [6.07, 6.45) is 1.67. The molecular formula is C41H33BrClN5O10. The van der Waals surface area contributed by atoms with Gasteiger partial charge in [0.25, 0.3) is 0 Å². The monoisotopic (exact) mass is 869 g/mol. The number of methoxy groups -OCH3 is 1. The van der Waals surface area contributed by atoms with E-state index in [1.165, 1.54) is 32.2 Å². The quantitative estimate of drug-likeness (QED) is 0.0824. The molecule has 4 aromatic carbocycles. The SMILES string of the molecule is COc1cc(Br)cc([C@H]2C3=CC[C@@H]4C(=O)N(c5cc([N+](=O)[O-])c(N(C)C)c([N+](=O)[O-])c5)C(=O)[C@@H]4[C@@H]3C[C@H]3C(=O)N(c4cccc(Cl)c4)C(=O)[C@@]23c2ccccc2)c1O. The first kappa shape index (κ1) is 38.7. The van der Waals surface area contributed by atoms with Crippen LogP contribution in [0.25, 0.3) is 0 Å². The van der Waals surface area contributed by atoms with Gasteiger partial charge in [-0.05, 0) is 54.7 Å². The highest BCUT2D eigenvalue weighted by Crippen LogP contribution is 2.66. The topological polar surface area (TPSA) is 194 Å². The number of carbonyl (C=O) groups is 4. The fourth-order valence-electron chi connectivity index (χ4n) is 9.77. The Balaban J connectivity index is 1.35. The summed E-state index contributed by atoms with van der Waals surface area (Å²) in [6.45, 7) is 0. The number of anilines is 3. The van der Waals surface area contributed by atoms with Crippen LogP contribution in [0.4, 0.5) is 28.4 Å². The first-order valence-corrected chi connectivity index (χ1v) is 19.3. The number of benzene rings is 4. The Hall–Kier alpha value is -6.13. The fraction of sp³-hybridized carbons (Fsp3) is 0.268. The van der Waals surface area contributed by atoms with E-state index in [0.29, 0.717) is 15.6 Å². The summed E-state index contributed by atoms with van der Waals surface area (Å²) in [4.78, 5) is 85.7. The molecule has 2 heterocycles. The number of amides is 4. The molecule has 6 atom stereocenters. The summed E-state index contributed by atoms with van der Waals surface area (Å²) in [6, 6.07) is 20.2. The van der Waals surface area contributed by atoms with Crippen LogP contribution >= 0.6 is 27.5 Å². The van der Waals surface area contributed by atoms with E-state index in [0.717, 1.165) is 21.9 Å². The van der Waals surface area contributed by atoms with E-state index in [2.05, 4.69) is 15.9 Å². The number of aromatic hydroxyl groups is 1. The van der Waals surface area contributed by atoms with Crippen molar-refractivity contribution < 1.29 is 38.9 Å². The molecule has 17 heteroatoms. The lowest BCUT2D eigenvalue weighted by Gasteiger charge is -2.50. The zero-order valence-corrected chi connectivity index (χ0v) is 33.3. The van der Waals surface area contributed by atoms with Gasteiger partial charge in [-0.15, -0.1) is 0 Å². The summed E-state index contributed by atoms with van der Waals surface area (Å²) in [7, 11) is 4.18. The maximum atomic E-state index is 15.5. The van der Waals surface area contributed by atoms with E-state index in [9.17, 15) is 34.9 Å². The molecule has 0 radical (unpaired) electrons. The van der Waals surface area contributed by atoms with E-state index < -0.39 is 79.9 Å². The molecule has 2 aliphatic heterocycles. The molecule has 0 spiro atoms. The van der Waals surface area contributed by atoms with Gasteiger partial charge in [-0.25, -0.2) is 9.80 Å². The summed E-state index contributed by atoms with van der Waals surface area (Å²) >= 11 is 9.91. The zero-order chi connectivity index (χ0) is 41.5. The summed E-state index contributed by atoms with van der Waals surface area (Å²) in [5.74, 6) is -8.17. The minimum atomic E-state index is -1.70. The average molecular weight is 871 g/mol. The number of phenols is 1. The van der Waals surface area contributed by atoms with Crippen LogP contribution in [0.2, 0.25) is 5.02 Å². The molecule has 2 aliphatic carbocycles. The van der Waals surface area contributed by atoms with E-state index in [1.807, 2.05) is 0 Å². The van der Waals surface area contributed by atoms with Crippen molar-refractivity contribution in [3.05, 3.63) is 131 Å². The van der Waals surface area contributed by atoms with E-state index in [1.54, 1.807) is 66.7 Å². The third-order valence-electron chi connectivity index (χ3n) is 11.9. The molecule has 296 valence electrons. The lowest BCUT2D eigenvalue weighted by molar-refractivity contribution is -0.392. The number of allylic oxidation sites excluding steroid dienone is 2. The second kappa shape index (κ2) is 14.1. The molecule has 4 aromatic rings. The Morgan fingerprint density at radius 3 is 2.14 bits per heavy atom. The summed E-state index contributed by atoms with van der Waals surface area (Å²) < 4.78 is 6.04. The number of carbonyl (C=O) groups excluding carboxylic acids is 4. The van der Waals surface area contributed by atoms with Gasteiger partial charge in [-0.2, -0.15) is 0 Å². The summed E-state index contributed by atoms with van der Waals surface area (Å²) in [5, 5.41) is 36.7. The molecular weight excluding hydrogens is 838 g/mol. The van der Waals surface area contributed by atoms with Crippen LogP contribution in [0.3, 0.4) is 0 Å². The van der Waals surface area contributed by atoms with Gasteiger partial charge in [0.1, 0.15) is 0 Å². The van der Waals surface area contributed by atoms with Gasteiger partial charge in [0.05, 0.1) is 51.5 Å². The van der Waals surface area contributed by atoms with E-state index in [-0.39, 0.29) is 52.0 Å². The smallest absolute Gasteiger partial charge is 0.301 e. The third-order valence-corrected chi connectivity index (χ3v) is 12.6. The van der Waals surface area contributed by atoms with Crippen LogP contribution in [-0.4, -0.2) is 59.8 Å². The van der Waals surface area contributed by atoms with Crippen molar-refractivity contribution in [2.75, 3.05) is 35.9 Å². The van der Waals surface area contributed by atoms with Crippen molar-refractivity contribution in [2.24, 2.45) is 23.7 Å². The second-order valence-corrected chi connectivity index (χ2v) is 16.2. The summed E-state index contributed by atoms with van der Waals surface area (Å²) in [5.41, 5.74) is -2.26. The number of ether oxygens (including phenoxy) is 1. The number of nitrogens with zero attached hydrogens (tertiary/aromatic N) is 5. The highest BCUT2D eigenvalue weighted by Gasteiger charge is 2.70. The molecule has 0 aromatic heterocycles. The highest BCUT2D eigenvalue weighted by atomic mass is 79.9. The van der Waals surface area contributed by atoms with Crippen LogP contribution in [0.15, 0.2) is 95.0 Å².